The number of carbonyl (C=O) groups is 1. The molecule has 0 saturated carbocycles. The Bertz CT molecular complexity index is 667. The molecule has 1 aliphatic heterocycles. The van der Waals surface area contributed by atoms with Gasteiger partial charge in [0.15, 0.2) is 0 Å². The Hall–Kier alpha value is -1.89. The number of thiophene rings is 1. The molecule has 0 bridgehead atoms. The van der Waals surface area contributed by atoms with Gasteiger partial charge in [-0.2, -0.15) is 0 Å². The molecule has 5 nitrogen and oxygen atoms in total. The molecule has 1 N–H and O–H groups in total. The highest BCUT2D eigenvalue weighted by molar-refractivity contribution is 7.09. The molecule has 0 aliphatic carbocycles. The third-order valence-corrected chi connectivity index (χ3v) is 5.32. The van der Waals surface area contributed by atoms with Gasteiger partial charge < -0.3 is 14.8 Å². The summed E-state index contributed by atoms with van der Waals surface area (Å²) in [5.74, 6) is 0.856. The topological polar surface area (TPSA) is 50.8 Å². The number of methoxy groups -OCH3 is 1. The van der Waals surface area contributed by atoms with E-state index >= 15 is 0 Å². The van der Waals surface area contributed by atoms with Gasteiger partial charge in [-0.3, -0.25) is 9.69 Å². The Morgan fingerprint density at radius 1 is 1.35 bits per heavy atom. The second kappa shape index (κ2) is 9.71. The third-order valence-electron chi connectivity index (χ3n) is 4.46. The zero-order valence-corrected chi connectivity index (χ0v) is 16.0. The zero-order valence-electron chi connectivity index (χ0n) is 15.1. The van der Waals surface area contributed by atoms with E-state index < -0.39 is 0 Å². The van der Waals surface area contributed by atoms with E-state index in [4.69, 9.17) is 9.47 Å². The van der Waals surface area contributed by atoms with Crippen molar-refractivity contribution in [1.29, 1.82) is 0 Å². The summed E-state index contributed by atoms with van der Waals surface area (Å²) in [6, 6.07) is 11.9. The second-order valence-corrected chi connectivity index (χ2v) is 7.54. The highest BCUT2D eigenvalue weighted by Gasteiger charge is 2.21. The molecular weight excluding hydrogens is 348 g/mol. The van der Waals surface area contributed by atoms with Crippen LogP contribution in [0.3, 0.4) is 0 Å². The first kappa shape index (κ1) is 18.9. The SMILES string of the molecule is COc1ccc(CNC(=O)CN(Cc2cccs2)C[C@H]2CCCO2)cc1. The summed E-state index contributed by atoms with van der Waals surface area (Å²) < 4.78 is 10.9. The standard InChI is InChI=1S/C20H26N2O3S/c1-24-17-8-6-16(7-9-17)12-21-20(23)15-22(13-18-4-2-10-25-18)14-19-5-3-11-26-19/h3,5-9,11,18H,2,4,10,12-15H2,1H3,(H,21,23)/t18-/m1/s1. The van der Waals surface area contributed by atoms with Gasteiger partial charge in [0.2, 0.25) is 5.91 Å². The Kier molecular flexibility index (Phi) is 7.05. The maximum absolute atomic E-state index is 12.4. The molecule has 1 aliphatic rings. The minimum Gasteiger partial charge on any atom is -0.497 e. The van der Waals surface area contributed by atoms with Crippen LogP contribution in [0.2, 0.25) is 0 Å². The number of amides is 1. The average Bonchev–Trinajstić information content (AvgIpc) is 3.34. The molecule has 2 heterocycles. The van der Waals surface area contributed by atoms with Gasteiger partial charge in [-0.15, -0.1) is 11.3 Å². The van der Waals surface area contributed by atoms with Crippen LogP contribution in [0.25, 0.3) is 0 Å². The highest BCUT2D eigenvalue weighted by atomic mass is 32.1. The van der Waals surface area contributed by atoms with Crippen LogP contribution in [-0.2, 0) is 22.6 Å². The Labute approximate surface area is 158 Å². The van der Waals surface area contributed by atoms with Crippen molar-refractivity contribution in [3.63, 3.8) is 0 Å². The zero-order chi connectivity index (χ0) is 18.2. The molecule has 0 radical (unpaired) electrons. The number of rotatable bonds is 9. The van der Waals surface area contributed by atoms with Gasteiger partial charge in [-0.05, 0) is 42.0 Å². The molecular formula is C20H26N2O3S. The van der Waals surface area contributed by atoms with Crippen LogP contribution in [0.5, 0.6) is 5.75 Å². The number of nitrogens with zero attached hydrogens (tertiary/aromatic N) is 1. The first-order valence-electron chi connectivity index (χ1n) is 8.99. The molecule has 6 heteroatoms. The van der Waals surface area contributed by atoms with Crippen LogP contribution in [-0.4, -0.2) is 43.7 Å². The van der Waals surface area contributed by atoms with Crippen LogP contribution in [0, 0.1) is 0 Å². The van der Waals surface area contributed by atoms with Gasteiger partial charge in [-0.1, -0.05) is 18.2 Å². The van der Waals surface area contributed by atoms with Crippen molar-refractivity contribution < 1.29 is 14.3 Å². The van der Waals surface area contributed by atoms with Crippen LogP contribution < -0.4 is 10.1 Å². The molecule has 1 aromatic heterocycles. The monoisotopic (exact) mass is 374 g/mol. The summed E-state index contributed by atoms with van der Waals surface area (Å²) >= 11 is 1.72. The molecule has 26 heavy (non-hydrogen) atoms. The lowest BCUT2D eigenvalue weighted by atomic mass is 10.2. The third kappa shape index (κ3) is 5.83. The molecule has 1 atom stereocenters. The fourth-order valence-corrected chi connectivity index (χ4v) is 3.83. The predicted octanol–water partition coefficient (Wildman–Crippen LogP) is 3.05. The molecule has 1 amide bonds. The fraction of sp³-hybridized carbons (Fsp3) is 0.450. The van der Waals surface area contributed by atoms with E-state index in [-0.39, 0.29) is 12.0 Å². The van der Waals surface area contributed by atoms with Crippen molar-refractivity contribution >= 4 is 17.2 Å². The van der Waals surface area contributed by atoms with Crippen LogP contribution in [0.4, 0.5) is 0 Å². The number of ether oxygens (including phenoxy) is 2. The summed E-state index contributed by atoms with van der Waals surface area (Å²) in [7, 11) is 1.65. The molecule has 0 unspecified atom stereocenters. The Balaban J connectivity index is 1.51. The van der Waals surface area contributed by atoms with Crippen LogP contribution >= 0.6 is 11.3 Å². The maximum Gasteiger partial charge on any atom is 0.234 e. The van der Waals surface area contributed by atoms with E-state index in [0.29, 0.717) is 13.1 Å². The Morgan fingerprint density at radius 2 is 2.19 bits per heavy atom. The molecule has 1 fully saturated rings. The number of carbonyl (C=O) groups excluding carboxylic acids is 1. The molecule has 140 valence electrons. The molecule has 0 spiro atoms. The number of benzene rings is 1. The van der Waals surface area contributed by atoms with Gasteiger partial charge in [0.1, 0.15) is 5.75 Å². The van der Waals surface area contributed by atoms with Gasteiger partial charge in [0.05, 0.1) is 19.8 Å². The van der Waals surface area contributed by atoms with Crippen molar-refractivity contribution in [2.24, 2.45) is 0 Å². The fourth-order valence-electron chi connectivity index (χ4n) is 3.09. The summed E-state index contributed by atoms with van der Waals surface area (Å²) in [4.78, 5) is 15.9. The molecule has 1 aromatic carbocycles. The van der Waals surface area contributed by atoms with Gasteiger partial charge in [0.25, 0.3) is 0 Å². The van der Waals surface area contributed by atoms with Crippen molar-refractivity contribution in [3.8, 4) is 5.75 Å². The molecule has 3 rings (SSSR count). The van der Waals surface area contributed by atoms with E-state index in [1.54, 1.807) is 18.4 Å². The number of hydrogen-bond donors (Lipinski definition) is 1. The predicted molar refractivity (Wildman–Crippen MR) is 103 cm³/mol. The van der Waals surface area contributed by atoms with Crippen LogP contribution in [0.15, 0.2) is 41.8 Å². The van der Waals surface area contributed by atoms with Crippen molar-refractivity contribution in [2.45, 2.75) is 32.0 Å². The molecule has 1 saturated heterocycles. The maximum atomic E-state index is 12.4. The average molecular weight is 375 g/mol. The van der Waals surface area contributed by atoms with Crippen molar-refractivity contribution in [3.05, 3.63) is 52.2 Å². The molecule has 2 aromatic rings. The lowest BCUT2D eigenvalue weighted by Crippen LogP contribution is -2.40. The van der Waals surface area contributed by atoms with Gasteiger partial charge in [0, 0.05) is 31.1 Å². The first-order chi connectivity index (χ1) is 12.7. The number of hydrogen-bond acceptors (Lipinski definition) is 5. The van der Waals surface area contributed by atoms with Crippen molar-refractivity contribution in [1.82, 2.24) is 10.2 Å². The van der Waals surface area contributed by atoms with E-state index in [1.807, 2.05) is 30.3 Å². The minimum absolute atomic E-state index is 0.0374. The highest BCUT2D eigenvalue weighted by Crippen LogP contribution is 2.17. The first-order valence-corrected chi connectivity index (χ1v) is 9.87. The summed E-state index contributed by atoms with van der Waals surface area (Å²) in [5.41, 5.74) is 1.06. The normalized spacial score (nSPS) is 16.8. The van der Waals surface area contributed by atoms with Gasteiger partial charge in [-0.25, -0.2) is 0 Å². The lowest BCUT2D eigenvalue weighted by Gasteiger charge is -2.24. The van der Waals surface area contributed by atoms with E-state index in [2.05, 4.69) is 21.7 Å². The lowest BCUT2D eigenvalue weighted by molar-refractivity contribution is -0.122. The van der Waals surface area contributed by atoms with E-state index in [0.717, 1.165) is 43.9 Å². The van der Waals surface area contributed by atoms with Crippen LogP contribution in [0.1, 0.15) is 23.3 Å². The Morgan fingerprint density at radius 3 is 2.85 bits per heavy atom. The second-order valence-electron chi connectivity index (χ2n) is 6.51. The summed E-state index contributed by atoms with van der Waals surface area (Å²) in [6.45, 7) is 3.33. The minimum atomic E-state index is 0.0374. The van der Waals surface area contributed by atoms with Gasteiger partial charge >= 0.3 is 0 Å². The van der Waals surface area contributed by atoms with Crippen molar-refractivity contribution in [2.75, 3.05) is 26.8 Å². The summed E-state index contributed by atoms with van der Waals surface area (Å²) in [5, 5.41) is 5.09. The van der Waals surface area contributed by atoms with E-state index in [9.17, 15) is 4.79 Å². The largest absolute Gasteiger partial charge is 0.497 e. The smallest absolute Gasteiger partial charge is 0.234 e. The summed E-state index contributed by atoms with van der Waals surface area (Å²) in [6.07, 6.45) is 2.43. The number of nitrogens with one attached hydrogen (secondary N) is 1. The quantitative estimate of drug-likeness (QED) is 0.733. The van der Waals surface area contributed by atoms with E-state index in [1.165, 1.54) is 4.88 Å².